The van der Waals surface area contributed by atoms with Crippen LogP contribution in [0.25, 0.3) is 0 Å². The Morgan fingerprint density at radius 2 is 2.07 bits per heavy atom. The van der Waals surface area contributed by atoms with E-state index in [9.17, 15) is 4.79 Å². The highest BCUT2D eigenvalue weighted by atomic mass is 35.5. The van der Waals surface area contributed by atoms with Gasteiger partial charge in [-0.3, -0.25) is 4.79 Å². The van der Waals surface area contributed by atoms with Gasteiger partial charge in [0.15, 0.2) is 5.16 Å². The Morgan fingerprint density at radius 3 is 2.85 bits per heavy atom. The summed E-state index contributed by atoms with van der Waals surface area (Å²) in [4.78, 5) is 12.3. The average Bonchev–Trinajstić information content (AvgIpc) is 3.02. The van der Waals surface area contributed by atoms with Crippen molar-refractivity contribution < 1.29 is 4.79 Å². The second kappa shape index (κ2) is 9.60. The number of hydrogen-bond acceptors (Lipinski definition) is 4. The molecule has 2 aromatic rings. The number of rotatable bonds is 7. The van der Waals surface area contributed by atoms with Crippen molar-refractivity contribution in [1.29, 1.82) is 0 Å². The van der Waals surface area contributed by atoms with Crippen molar-refractivity contribution in [2.24, 2.45) is 13.0 Å². The van der Waals surface area contributed by atoms with Crippen LogP contribution in [-0.4, -0.2) is 26.4 Å². The molecule has 0 aliphatic heterocycles. The summed E-state index contributed by atoms with van der Waals surface area (Å²) in [7, 11) is 1.98. The summed E-state index contributed by atoms with van der Waals surface area (Å²) in [6.07, 6.45) is 8.97. The Morgan fingerprint density at radius 1 is 1.30 bits per heavy atom. The van der Waals surface area contributed by atoms with Crippen LogP contribution in [0.2, 0.25) is 5.02 Å². The molecule has 1 heterocycles. The van der Waals surface area contributed by atoms with E-state index in [2.05, 4.69) is 15.5 Å². The number of carbonyl (C=O) groups is 1. The maximum Gasteiger partial charge on any atom is 0.234 e. The van der Waals surface area contributed by atoms with E-state index in [-0.39, 0.29) is 5.91 Å². The van der Waals surface area contributed by atoms with Crippen molar-refractivity contribution in [2.45, 2.75) is 57.0 Å². The van der Waals surface area contributed by atoms with Crippen LogP contribution in [0, 0.1) is 12.8 Å². The summed E-state index contributed by atoms with van der Waals surface area (Å²) in [5.41, 5.74) is 1.74. The van der Waals surface area contributed by atoms with E-state index in [1.54, 1.807) is 6.07 Å². The number of nitrogens with one attached hydrogen (secondary N) is 1. The van der Waals surface area contributed by atoms with Gasteiger partial charge in [-0.15, -0.1) is 10.2 Å². The molecule has 0 unspecified atom stereocenters. The third-order valence-corrected chi connectivity index (χ3v) is 6.49. The van der Waals surface area contributed by atoms with Gasteiger partial charge < -0.3 is 9.88 Å². The van der Waals surface area contributed by atoms with Gasteiger partial charge >= 0.3 is 0 Å². The number of hydrogen-bond donors (Lipinski definition) is 1. The molecule has 1 aliphatic carbocycles. The van der Waals surface area contributed by atoms with Gasteiger partial charge in [0.1, 0.15) is 5.82 Å². The maximum atomic E-state index is 12.3. The number of anilines is 1. The molecule has 1 aromatic carbocycles. The molecule has 27 heavy (non-hydrogen) atoms. The summed E-state index contributed by atoms with van der Waals surface area (Å²) in [5.74, 6) is 2.06. The fourth-order valence-electron chi connectivity index (χ4n) is 3.54. The number of amides is 1. The standard InChI is InChI=1S/C20H27ClN4OS/c1-14-8-10-16(21)12-17(14)22-19(26)13-27-20-24-23-18(25(20)2)11-9-15-6-4-3-5-7-15/h8,10,12,15H,3-7,9,11,13H2,1-2H3,(H,22,26). The van der Waals surface area contributed by atoms with Gasteiger partial charge in [0, 0.05) is 24.2 Å². The SMILES string of the molecule is Cc1ccc(Cl)cc1NC(=O)CSc1nnc(CCC2CCCCC2)n1C. The summed E-state index contributed by atoms with van der Waals surface area (Å²) in [5, 5.41) is 12.9. The molecule has 1 saturated carbocycles. The Bertz CT molecular complexity index is 786. The Kier molecular flexibility index (Phi) is 7.19. The molecule has 3 rings (SSSR count). The second-order valence-electron chi connectivity index (χ2n) is 7.30. The molecule has 1 aliphatic rings. The van der Waals surface area contributed by atoms with Gasteiger partial charge in [0.2, 0.25) is 5.91 Å². The minimum atomic E-state index is -0.0721. The van der Waals surface area contributed by atoms with Crippen molar-refractivity contribution >= 4 is 35.0 Å². The normalized spacial score (nSPS) is 15.1. The molecule has 0 saturated heterocycles. The van der Waals surface area contributed by atoms with E-state index in [0.717, 1.165) is 34.6 Å². The van der Waals surface area contributed by atoms with Gasteiger partial charge in [0.25, 0.3) is 0 Å². The van der Waals surface area contributed by atoms with E-state index in [1.807, 2.05) is 30.7 Å². The number of aryl methyl sites for hydroxylation is 2. The lowest BCUT2D eigenvalue weighted by Crippen LogP contribution is -2.15. The number of aromatic nitrogens is 3. The molecule has 0 spiro atoms. The molecule has 0 atom stereocenters. The van der Waals surface area contributed by atoms with E-state index in [4.69, 9.17) is 11.6 Å². The molecule has 1 fully saturated rings. The van der Waals surface area contributed by atoms with Crippen LogP contribution in [0.4, 0.5) is 5.69 Å². The highest BCUT2D eigenvalue weighted by Gasteiger charge is 2.16. The third-order valence-electron chi connectivity index (χ3n) is 5.23. The number of nitrogens with zero attached hydrogens (tertiary/aromatic N) is 3. The average molecular weight is 407 g/mol. The minimum absolute atomic E-state index is 0.0721. The third kappa shape index (κ3) is 5.72. The van der Waals surface area contributed by atoms with Crippen LogP contribution >= 0.6 is 23.4 Å². The molecular formula is C20H27ClN4OS. The van der Waals surface area contributed by atoms with Crippen LogP contribution in [0.15, 0.2) is 23.4 Å². The van der Waals surface area contributed by atoms with Gasteiger partial charge in [-0.1, -0.05) is 61.5 Å². The molecule has 0 bridgehead atoms. The number of thioether (sulfide) groups is 1. The molecular weight excluding hydrogens is 380 g/mol. The highest BCUT2D eigenvalue weighted by Crippen LogP contribution is 2.28. The van der Waals surface area contributed by atoms with E-state index >= 15 is 0 Å². The molecule has 1 amide bonds. The van der Waals surface area contributed by atoms with Gasteiger partial charge in [-0.25, -0.2) is 0 Å². The summed E-state index contributed by atoms with van der Waals surface area (Å²) < 4.78 is 2.02. The Balaban J connectivity index is 1.49. The Labute approximate surface area is 170 Å². The van der Waals surface area contributed by atoms with Crippen molar-refractivity contribution in [3.8, 4) is 0 Å². The molecule has 1 aromatic heterocycles. The monoisotopic (exact) mass is 406 g/mol. The summed E-state index contributed by atoms with van der Waals surface area (Å²) >= 11 is 7.42. The van der Waals surface area contributed by atoms with Crippen molar-refractivity contribution in [1.82, 2.24) is 14.8 Å². The lowest BCUT2D eigenvalue weighted by molar-refractivity contribution is -0.113. The number of carbonyl (C=O) groups excluding carboxylic acids is 1. The van der Waals surface area contributed by atoms with E-state index < -0.39 is 0 Å². The zero-order valence-corrected chi connectivity index (χ0v) is 17.6. The van der Waals surface area contributed by atoms with Gasteiger partial charge in [-0.05, 0) is 37.0 Å². The van der Waals surface area contributed by atoms with Crippen LogP contribution < -0.4 is 5.32 Å². The number of halogens is 1. The first-order chi connectivity index (χ1) is 13.0. The van der Waals surface area contributed by atoms with E-state index in [0.29, 0.717) is 10.8 Å². The predicted octanol–water partition coefficient (Wildman–Crippen LogP) is 5.02. The second-order valence-corrected chi connectivity index (χ2v) is 8.68. The van der Waals surface area contributed by atoms with Crippen LogP contribution in [0.3, 0.4) is 0 Å². The van der Waals surface area contributed by atoms with Crippen LogP contribution in [0.1, 0.15) is 49.9 Å². The summed E-state index contributed by atoms with van der Waals surface area (Å²) in [6.45, 7) is 1.94. The number of benzene rings is 1. The van der Waals surface area contributed by atoms with Crippen LogP contribution in [0.5, 0.6) is 0 Å². The Hall–Kier alpha value is -1.53. The smallest absolute Gasteiger partial charge is 0.234 e. The first kappa shape index (κ1) is 20.2. The first-order valence-electron chi connectivity index (χ1n) is 9.60. The van der Waals surface area contributed by atoms with E-state index in [1.165, 1.54) is 50.3 Å². The topological polar surface area (TPSA) is 59.8 Å². The maximum absolute atomic E-state index is 12.3. The zero-order valence-electron chi connectivity index (χ0n) is 16.0. The minimum Gasteiger partial charge on any atom is -0.325 e. The van der Waals surface area contributed by atoms with Gasteiger partial charge in [0.05, 0.1) is 5.75 Å². The summed E-state index contributed by atoms with van der Waals surface area (Å²) in [6, 6.07) is 5.48. The van der Waals surface area contributed by atoms with Crippen molar-refractivity contribution in [3.63, 3.8) is 0 Å². The van der Waals surface area contributed by atoms with Crippen molar-refractivity contribution in [2.75, 3.05) is 11.1 Å². The van der Waals surface area contributed by atoms with Crippen molar-refractivity contribution in [3.05, 3.63) is 34.6 Å². The fraction of sp³-hybridized carbons (Fsp3) is 0.550. The first-order valence-corrected chi connectivity index (χ1v) is 11.0. The molecule has 7 heteroatoms. The van der Waals surface area contributed by atoms with Crippen LogP contribution in [-0.2, 0) is 18.3 Å². The lowest BCUT2D eigenvalue weighted by Gasteiger charge is -2.20. The highest BCUT2D eigenvalue weighted by molar-refractivity contribution is 7.99. The largest absolute Gasteiger partial charge is 0.325 e. The predicted molar refractivity (Wildman–Crippen MR) is 111 cm³/mol. The fourth-order valence-corrected chi connectivity index (χ4v) is 4.44. The molecule has 146 valence electrons. The molecule has 0 radical (unpaired) electrons. The lowest BCUT2D eigenvalue weighted by atomic mass is 9.86. The quantitative estimate of drug-likeness (QED) is 0.655. The molecule has 5 nitrogen and oxygen atoms in total. The molecule has 1 N–H and O–H groups in total. The zero-order chi connectivity index (χ0) is 19.2. The van der Waals surface area contributed by atoms with Gasteiger partial charge in [-0.2, -0.15) is 0 Å².